The molecule has 2 aromatic rings. The molecule has 2 heterocycles. The molecule has 0 radical (unpaired) electrons. The van der Waals surface area contributed by atoms with Crippen molar-refractivity contribution in [1.82, 2.24) is 14.3 Å². The molecule has 0 saturated carbocycles. The first kappa shape index (κ1) is 17.7. The van der Waals surface area contributed by atoms with Gasteiger partial charge in [-0.1, -0.05) is 30.3 Å². The topological polar surface area (TPSA) is 91.7 Å². The monoisotopic (exact) mass is 363 g/mol. The number of furan rings is 1. The summed E-state index contributed by atoms with van der Waals surface area (Å²) in [4.78, 5) is 13.9. The smallest absolute Gasteiger partial charge is 0.289 e. The Hall–Kier alpha value is -2.16. The highest BCUT2D eigenvalue weighted by Gasteiger charge is 2.28. The van der Waals surface area contributed by atoms with E-state index in [-0.39, 0.29) is 24.3 Å². The maximum Gasteiger partial charge on any atom is 0.289 e. The summed E-state index contributed by atoms with van der Waals surface area (Å²) >= 11 is 0. The Bertz CT molecular complexity index is 791. The van der Waals surface area contributed by atoms with E-state index in [4.69, 9.17) is 4.42 Å². The zero-order valence-electron chi connectivity index (χ0n) is 13.7. The Balaban J connectivity index is 1.55. The van der Waals surface area contributed by atoms with Gasteiger partial charge in [-0.05, 0) is 30.5 Å². The molecular weight excluding hydrogens is 342 g/mol. The van der Waals surface area contributed by atoms with Crippen LogP contribution in [0.4, 0.5) is 0 Å². The molecule has 8 heteroatoms. The van der Waals surface area contributed by atoms with E-state index >= 15 is 0 Å². The van der Waals surface area contributed by atoms with E-state index in [1.807, 2.05) is 30.3 Å². The Morgan fingerprint density at radius 1 is 1.20 bits per heavy atom. The van der Waals surface area contributed by atoms with Crippen molar-refractivity contribution in [1.29, 1.82) is 0 Å². The van der Waals surface area contributed by atoms with Gasteiger partial charge in [0.1, 0.15) is 0 Å². The molecule has 3 rings (SSSR count). The molecule has 1 amide bonds. The summed E-state index contributed by atoms with van der Waals surface area (Å²) < 4.78 is 34.8. The summed E-state index contributed by atoms with van der Waals surface area (Å²) in [5, 5.41) is 0. The largest absolute Gasteiger partial charge is 0.459 e. The van der Waals surface area contributed by atoms with E-state index in [1.54, 1.807) is 17.0 Å². The lowest BCUT2D eigenvalue weighted by Gasteiger charge is -2.32. The quantitative estimate of drug-likeness (QED) is 0.814. The minimum absolute atomic E-state index is 0.217. The van der Waals surface area contributed by atoms with E-state index in [9.17, 15) is 13.2 Å². The molecular formula is C17H21N3O4S. The van der Waals surface area contributed by atoms with Gasteiger partial charge in [0.2, 0.25) is 0 Å². The van der Waals surface area contributed by atoms with E-state index in [2.05, 4.69) is 9.44 Å². The number of rotatable bonds is 6. The fourth-order valence-electron chi connectivity index (χ4n) is 2.85. The molecule has 0 aliphatic carbocycles. The number of piperidine rings is 1. The lowest BCUT2D eigenvalue weighted by atomic mass is 10.1. The van der Waals surface area contributed by atoms with Crippen molar-refractivity contribution in [2.24, 2.45) is 0 Å². The van der Waals surface area contributed by atoms with Crippen molar-refractivity contribution < 1.29 is 17.6 Å². The summed E-state index contributed by atoms with van der Waals surface area (Å²) in [5.41, 5.74) is 0.881. The van der Waals surface area contributed by atoms with Gasteiger partial charge in [0, 0.05) is 25.7 Å². The number of hydrogen-bond donors (Lipinski definition) is 2. The molecule has 1 atom stereocenters. The van der Waals surface area contributed by atoms with Gasteiger partial charge in [-0.2, -0.15) is 17.9 Å². The number of likely N-dealkylation sites (tertiary alicyclic amines) is 1. The first-order valence-corrected chi connectivity index (χ1v) is 9.65. The molecule has 0 spiro atoms. The maximum absolute atomic E-state index is 12.3. The number of hydrogen-bond acceptors (Lipinski definition) is 4. The van der Waals surface area contributed by atoms with Gasteiger partial charge in [-0.25, -0.2) is 0 Å². The highest BCUT2D eigenvalue weighted by Crippen LogP contribution is 2.14. The molecule has 1 aliphatic rings. The van der Waals surface area contributed by atoms with E-state index in [0.717, 1.165) is 12.0 Å². The van der Waals surface area contributed by atoms with Crippen LogP contribution in [0.15, 0.2) is 53.1 Å². The van der Waals surface area contributed by atoms with Crippen LogP contribution in [0.25, 0.3) is 0 Å². The molecule has 25 heavy (non-hydrogen) atoms. The number of carbonyl (C=O) groups excluding carboxylic acids is 1. The second kappa shape index (κ2) is 7.81. The SMILES string of the molecule is O=C(c1ccco1)N1CCC[C@@H](NS(=O)(=O)NCc2ccccc2)C1. The Labute approximate surface area is 147 Å². The van der Waals surface area contributed by atoms with Crippen LogP contribution < -0.4 is 9.44 Å². The number of nitrogens with one attached hydrogen (secondary N) is 2. The molecule has 2 N–H and O–H groups in total. The third kappa shape index (κ3) is 4.91. The zero-order valence-corrected chi connectivity index (χ0v) is 14.5. The van der Waals surface area contributed by atoms with Crippen LogP contribution in [0.3, 0.4) is 0 Å². The van der Waals surface area contributed by atoms with Crippen molar-refractivity contribution in [3.05, 3.63) is 60.1 Å². The molecule has 1 aliphatic heterocycles. The first-order valence-electron chi connectivity index (χ1n) is 8.17. The molecule has 7 nitrogen and oxygen atoms in total. The minimum Gasteiger partial charge on any atom is -0.459 e. The standard InChI is InChI=1S/C17H21N3O4S/c21-17(16-9-5-11-24-16)20-10-4-8-15(13-20)19-25(22,23)18-12-14-6-2-1-3-7-14/h1-3,5-7,9,11,15,18-19H,4,8,10,12-13H2/t15-/m1/s1. The Kier molecular flexibility index (Phi) is 5.52. The molecule has 1 aromatic carbocycles. The van der Waals surface area contributed by atoms with Gasteiger partial charge in [0.25, 0.3) is 16.1 Å². The van der Waals surface area contributed by atoms with Crippen LogP contribution in [-0.2, 0) is 16.8 Å². The lowest BCUT2D eigenvalue weighted by Crippen LogP contribution is -2.51. The molecule has 1 aromatic heterocycles. The number of benzene rings is 1. The molecule has 134 valence electrons. The van der Waals surface area contributed by atoms with Crippen molar-refractivity contribution in [3.8, 4) is 0 Å². The summed E-state index contributed by atoms with van der Waals surface area (Å²) in [5.74, 6) is 0.0526. The summed E-state index contributed by atoms with van der Waals surface area (Å²) in [6.45, 7) is 1.14. The highest BCUT2D eigenvalue weighted by molar-refractivity contribution is 7.87. The summed E-state index contributed by atoms with van der Waals surface area (Å²) in [6, 6.07) is 12.2. The normalized spacial score (nSPS) is 18.2. The van der Waals surface area contributed by atoms with Crippen LogP contribution >= 0.6 is 0 Å². The maximum atomic E-state index is 12.3. The zero-order chi connectivity index (χ0) is 17.7. The molecule has 1 saturated heterocycles. The van der Waals surface area contributed by atoms with Crippen LogP contribution in [0.1, 0.15) is 29.0 Å². The fraction of sp³-hybridized carbons (Fsp3) is 0.353. The van der Waals surface area contributed by atoms with Crippen LogP contribution in [0, 0.1) is 0 Å². The predicted molar refractivity (Wildman–Crippen MR) is 93.0 cm³/mol. The third-order valence-electron chi connectivity index (χ3n) is 4.07. The molecule has 0 bridgehead atoms. The second-order valence-corrected chi connectivity index (χ2v) is 7.53. The van der Waals surface area contributed by atoms with Crippen molar-refractivity contribution in [2.45, 2.75) is 25.4 Å². The van der Waals surface area contributed by atoms with Gasteiger partial charge < -0.3 is 9.32 Å². The fourth-order valence-corrected chi connectivity index (χ4v) is 3.92. The number of nitrogens with zero attached hydrogens (tertiary/aromatic N) is 1. The van der Waals surface area contributed by atoms with Crippen molar-refractivity contribution in [2.75, 3.05) is 13.1 Å². The predicted octanol–water partition coefficient (Wildman–Crippen LogP) is 1.51. The Morgan fingerprint density at radius 3 is 2.72 bits per heavy atom. The van der Waals surface area contributed by atoms with Crippen LogP contribution in [0.5, 0.6) is 0 Å². The summed E-state index contributed by atoms with van der Waals surface area (Å²) in [6.07, 6.45) is 2.87. The lowest BCUT2D eigenvalue weighted by molar-refractivity contribution is 0.0671. The minimum atomic E-state index is -3.64. The van der Waals surface area contributed by atoms with Crippen molar-refractivity contribution >= 4 is 16.1 Å². The van der Waals surface area contributed by atoms with E-state index < -0.39 is 10.2 Å². The first-order chi connectivity index (χ1) is 12.0. The van der Waals surface area contributed by atoms with E-state index in [1.165, 1.54) is 6.26 Å². The number of amides is 1. The Morgan fingerprint density at radius 2 is 2.00 bits per heavy atom. The van der Waals surface area contributed by atoms with Crippen LogP contribution in [0.2, 0.25) is 0 Å². The third-order valence-corrected chi connectivity index (χ3v) is 5.24. The number of carbonyl (C=O) groups is 1. The summed E-state index contributed by atoms with van der Waals surface area (Å²) in [7, 11) is -3.64. The van der Waals surface area contributed by atoms with Gasteiger partial charge in [-0.15, -0.1) is 0 Å². The highest BCUT2D eigenvalue weighted by atomic mass is 32.2. The van der Waals surface area contributed by atoms with Gasteiger partial charge in [-0.3, -0.25) is 4.79 Å². The van der Waals surface area contributed by atoms with Gasteiger partial charge in [0.05, 0.1) is 6.26 Å². The van der Waals surface area contributed by atoms with Gasteiger partial charge in [0.15, 0.2) is 5.76 Å². The molecule has 1 fully saturated rings. The average molecular weight is 363 g/mol. The van der Waals surface area contributed by atoms with Gasteiger partial charge >= 0.3 is 0 Å². The van der Waals surface area contributed by atoms with E-state index in [0.29, 0.717) is 19.5 Å². The average Bonchev–Trinajstić information content (AvgIpc) is 3.15. The molecule has 0 unspecified atom stereocenters. The second-order valence-electron chi connectivity index (χ2n) is 6.00. The van der Waals surface area contributed by atoms with Crippen LogP contribution in [-0.4, -0.2) is 38.4 Å². The van der Waals surface area contributed by atoms with Crippen molar-refractivity contribution in [3.63, 3.8) is 0 Å².